The molecule has 16 heavy (non-hydrogen) atoms. The van der Waals surface area contributed by atoms with Gasteiger partial charge in [0, 0.05) is 10.7 Å². The van der Waals surface area contributed by atoms with Crippen molar-refractivity contribution in [1.29, 1.82) is 0 Å². The highest BCUT2D eigenvalue weighted by Gasteiger charge is 2.42. The maximum Gasteiger partial charge on any atom is 0.119 e. The lowest BCUT2D eigenvalue weighted by Gasteiger charge is -2.14. The number of alkyl halides is 1. The minimum Gasteiger partial charge on any atom is -0.493 e. The van der Waals surface area contributed by atoms with Crippen molar-refractivity contribution in [3.63, 3.8) is 0 Å². The molecule has 0 amide bonds. The summed E-state index contributed by atoms with van der Waals surface area (Å²) in [4.78, 5) is 0. The predicted octanol–water partition coefficient (Wildman–Crippen LogP) is 4.36. The second-order valence-electron chi connectivity index (χ2n) is 5.15. The molecule has 0 aliphatic heterocycles. The molecule has 0 heterocycles. The lowest BCUT2D eigenvalue weighted by atomic mass is 10.0. The molecule has 2 heteroatoms. The van der Waals surface area contributed by atoms with Crippen molar-refractivity contribution in [1.82, 2.24) is 0 Å². The zero-order valence-corrected chi connectivity index (χ0v) is 11.6. The molecule has 1 aromatic rings. The second-order valence-corrected chi connectivity index (χ2v) is 5.71. The smallest absolute Gasteiger partial charge is 0.119 e. The highest BCUT2D eigenvalue weighted by atomic mass is 79.9. The Kier molecular flexibility index (Phi) is 3.58. The maximum absolute atomic E-state index is 5.88. The number of rotatable bonds is 5. The van der Waals surface area contributed by atoms with Crippen molar-refractivity contribution < 1.29 is 4.74 Å². The Labute approximate surface area is 106 Å². The Hall–Kier alpha value is -0.500. The van der Waals surface area contributed by atoms with E-state index in [-0.39, 0.29) is 0 Å². The van der Waals surface area contributed by atoms with E-state index < -0.39 is 0 Å². The van der Waals surface area contributed by atoms with Crippen molar-refractivity contribution in [2.45, 2.75) is 32.6 Å². The van der Waals surface area contributed by atoms with Gasteiger partial charge in [0.25, 0.3) is 0 Å². The van der Waals surface area contributed by atoms with Gasteiger partial charge in [0.05, 0.1) is 6.61 Å². The summed E-state index contributed by atoms with van der Waals surface area (Å²) in [6, 6.07) is 8.46. The summed E-state index contributed by atoms with van der Waals surface area (Å²) < 4.78 is 5.88. The van der Waals surface area contributed by atoms with Crippen molar-refractivity contribution in [3.8, 4) is 5.75 Å². The average Bonchev–Trinajstić information content (AvgIpc) is 3.07. The Balaban J connectivity index is 1.96. The Morgan fingerprint density at radius 1 is 1.38 bits per heavy atom. The molecule has 1 saturated carbocycles. The average molecular weight is 283 g/mol. The van der Waals surface area contributed by atoms with Crippen LogP contribution in [0.15, 0.2) is 24.3 Å². The van der Waals surface area contributed by atoms with Crippen molar-refractivity contribution in [2.24, 2.45) is 5.41 Å². The van der Waals surface area contributed by atoms with Gasteiger partial charge in [-0.05, 0) is 36.5 Å². The first-order chi connectivity index (χ1) is 7.65. The molecule has 0 unspecified atom stereocenters. The quantitative estimate of drug-likeness (QED) is 0.729. The van der Waals surface area contributed by atoms with Crippen LogP contribution in [0.25, 0.3) is 0 Å². The molecule has 1 nitrogen and oxygen atoms in total. The number of halogens is 1. The summed E-state index contributed by atoms with van der Waals surface area (Å²) in [6.07, 6.45) is 2.59. The van der Waals surface area contributed by atoms with Gasteiger partial charge in [-0.15, -0.1) is 0 Å². The van der Waals surface area contributed by atoms with Crippen LogP contribution < -0.4 is 4.74 Å². The molecule has 1 aliphatic rings. The predicted molar refractivity (Wildman–Crippen MR) is 71.5 cm³/mol. The molecule has 0 N–H and O–H groups in total. The third-order valence-corrected chi connectivity index (χ3v) is 4.50. The van der Waals surface area contributed by atoms with Gasteiger partial charge in [-0.2, -0.15) is 0 Å². The van der Waals surface area contributed by atoms with Gasteiger partial charge >= 0.3 is 0 Å². The van der Waals surface area contributed by atoms with E-state index in [1.54, 1.807) is 0 Å². The summed E-state index contributed by atoms with van der Waals surface area (Å²) in [5.74, 6) is 1.58. The molecule has 0 spiro atoms. The molecular weight excluding hydrogens is 264 g/mol. The van der Waals surface area contributed by atoms with E-state index in [0.29, 0.717) is 11.3 Å². The van der Waals surface area contributed by atoms with Crippen LogP contribution in [0, 0.1) is 5.41 Å². The molecule has 0 aromatic heterocycles. The first-order valence-electron chi connectivity index (χ1n) is 5.94. The molecule has 2 rings (SSSR count). The van der Waals surface area contributed by atoms with Crippen LogP contribution >= 0.6 is 15.9 Å². The van der Waals surface area contributed by atoms with Gasteiger partial charge in [-0.1, -0.05) is 41.9 Å². The number of benzene rings is 1. The van der Waals surface area contributed by atoms with Gasteiger partial charge < -0.3 is 4.74 Å². The van der Waals surface area contributed by atoms with Crippen LogP contribution in [0.1, 0.15) is 38.2 Å². The number of ether oxygens (including phenoxy) is 1. The lowest BCUT2D eigenvalue weighted by molar-refractivity contribution is 0.251. The second kappa shape index (κ2) is 4.79. The monoisotopic (exact) mass is 282 g/mol. The van der Waals surface area contributed by atoms with Crippen LogP contribution in [0.5, 0.6) is 5.75 Å². The van der Waals surface area contributed by atoms with Gasteiger partial charge in [-0.25, -0.2) is 0 Å². The molecular formula is C14H19BrO. The van der Waals surface area contributed by atoms with E-state index in [4.69, 9.17) is 4.74 Å². The van der Waals surface area contributed by atoms with Crippen LogP contribution in [0.4, 0.5) is 0 Å². The highest BCUT2D eigenvalue weighted by Crippen LogP contribution is 2.47. The fourth-order valence-corrected chi connectivity index (χ4v) is 2.42. The standard InChI is InChI=1S/C14H19BrO/c1-11(2)12-4-3-5-13(8-12)16-10-14(9-15)6-7-14/h3-5,8,11H,6-7,9-10H2,1-2H3. The first-order valence-corrected chi connectivity index (χ1v) is 7.06. The number of hydrogen-bond donors (Lipinski definition) is 0. The van der Waals surface area contributed by atoms with Crippen molar-refractivity contribution in [3.05, 3.63) is 29.8 Å². The molecule has 88 valence electrons. The van der Waals surface area contributed by atoms with Gasteiger partial charge in [0.1, 0.15) is 5.75 Å². The summed E-state index contributed by atoms with van der Waals surface area (Å²) in [7, 11) is 0. The molecule has 0 radical (unpaired) electrons. The van der Waals surface area contributed by atoms with E-state index in [0.717, 1.165) is 17.7 Å². The summed E-state index contributed by atoms with van der Waals surface area (Å²) in [5.41, 5.74) is 1.77. The van der Waals surface area contributed by atoms with E-state index in [9.17, 15) is 0 Å². The topological polar surface area (TPSA) is 9.23 Å². The molecule has 0 bridgehead atoms. The Morgan fingerprint density at radius 3 is 2.69 bits per heavy atom. The Morgan fingerprint density at radius 2 is 2.12 bits per heavy atom. The molecule has 1 aromatic carbocycles. The van der Waals surface area contributed by atoms with Gasteiger partial charge in [0.15, 0.2) is 0 Å². The minimum absolute atomic E-state index is 0.424. The van der Waals surface area contributed by atoms with Crippen LogP contribution in [-0.4, -0.2) is 11.9 Å². The Bertz CT molecular complexity index is 356. The number of hydrogen-bond acceptors (Lipinski definition) is 1. The normalized spacial score (nSPS) is 17.5. The molecule has 1 aliphatic carbocycles. The fourth-order valence-electron chi connectivity index (χ4n) is 1.69. The largest absolute Gasteiger partial charge is 0.493 e. The van der Waals surface area contributed by atoms with E-state index in [2.05, 4.69) is 54.0 Å². The minimum atomic E-state index is 0.424. The summed E-state index contributed by atoms with van der Waals surface area (Å²) >= 11 is 3.56. The maximum atomic E-state index is 5.88. The molecule has 1 fully saturated rings. The van der Waals surface area contributed by atoms with Gasteiger partial charge in [-0.3, -0.25) is 0 Å². The summed E-state index contributed by atoms with van der Waals surface area (Å²) in [6.45, 7) is 5.26. The van der Waals surface area contributed by atoms with Crippen molar-refractivity contribution >= 4 is 15.9 Å². The molecule has 0 atom stereocenters. The van der Waals surface area contributed by atoms with Crippen molar-refractivity contribution in [2.75, 3.05) is 11.9 Å². The van der Waals surface area contributed by atoms with E-state index >= 15 is 0 Å². The zero-order chi connectivity index (χ0) is 11.6. The highest BCUT2D eigenvalue weighted by molar-refractivity contribution is 9.09. The molecule has 0 saturated heterocycles. The third kappa shape index (κ3) is 2.79. The van der Waals surface area contributed by atoms with Crippen LogP contribution in [0.2, 0.25) is 0 Å². The first kappa shape index (κ1) is 12.0. The van der Waals surface area contributed by atoms with Gasteiger partial charge in [0.2, 0.25) is 0 Å². The SMILES string of the molecule is CC(C)c1cccc(OCC2(CBr)CC2)c1. The third-order valence-electron chi connectivity index (χ3n) is 3.31. The lowest BCUT2D eigenvalue weighted by Crippen LogP contribution is -2.14. The van der Waals surface area contributed by atoms with Crippen LogP contribution in [-0.2, 0) is 0 Å². The van der Waals surface area contributed by atoms with E-state index in [1.807, 2.05) is 0 Å². The fraction of sp³-hybridized carbons (Fsp3) is 0.571. The van der Waals surface area contributed by atoms with E-state index in [1.165, 1.54) is 18.4 Å². The summed E-state index contributed by atoms with van der Waals surface area (Å²) in [5, 5.41) is 1.06. The van der Waals surface area contributed by atoms with Crippen LogP contribution in [0.3, 0.4) is 0 Å². The zero-order valence-electron chi connectivity index (χ0n) is 10.0.